The van der Waals surface area contributed by atoms with Crippen LogP contribution in [0.4, 0.5) is 0 Å². The van der Waals surface area contributed by atoms with Crippen LogP contribution in [0.2, 0.25) is 0 Å². The zero-order valence-electron chi connectivity index (χ0n) is 8.47. The van der Waals surface area contributed by atoms with Crippen LogP contribution in [-0.2, 0) is 9.47 Å². The van der Waals surface area contributed by atoms with Gasteiger partial charge in [-0.1, -0.05) is 0 Å². The molecule has 0 aromatic carbocycles. The Labute approximate surface area is 72.7 Å². The van der Waals surface area contributed by atoms with Crippen LogP contribution < -0.4 is 0 Å². The third-order valence-corrected chi connectivity index (χ3v) is 1.51. The highest BCUT2D eigenvalue weighted by molar-refractivity contribution is 6.13. The SMILES string of the molecule is CC(C)OC(C)([SiH3])OC(C)C. The molecule has 0 heterocycles. The average molecular weight is 176 g/mol. The first kappa shape index (κ1) is 11.1. The summed E-state index contributed by atoms with van der Waals surface area (Å²) in [5, 5.41) is 0. The Morgan fingerprint density at radius 2 is 1.27 bits per heavy atom. The van der Waals surface area contributed by atoms with Crippen molar-refractivity contribution in [3.63, 3.8) is 0 Å². The normalized spacial score (nSPS) is 13.4. The predicted molar refractivity (Wildman–Crippen MR) is 50.8 cm³/mol. The maximum atomic E-state index is 5.59. The van der Waals surface area contributed by atoms with Gasteiger partial charge in [-0.05, 0) is 34.6 Å². The van der Waals surface area contributed by atoms with Crippen LogP contribution >= 0.6 is 0 Å². The van der Waals surface area contributed by atoms with Gasteiger partial charge in [-0.3, -0.25) is 0 Å². The monoisotopic (exact) mass is 176 g/mol. The Hall–Kier alpha value is 0.137. The summed E-state index contributed by atoms with van der Waals surface area (Å²) in [6.07, 6.45) is 0.493. The molecule has 0 radical (unpaired) electrons. The van der Waals surface area contributed by atoms with Crippen molar-refractivity contribution < 1.29 is 9.47 Å². The summed E-state index contributed by atoms with van der Waals surface area (Å²) in [7, 11) is 0.900. The van der Waals surface area contributed by atoms with E-state index >= 15 is 0 Å². The summed E-state index contributed by atoms with van der Waals surface area (Å²) in [6.45, 7) is 10.1. The summed E-state index contributed by atoms with van der Waals surface area (Å²) in [4.78, 5) is 0. The zero-order valence-corrected chi connectivity index (χ0v) is 10.5. The molecule has 0 unspecified atom stereocenters. The summed E-state index contributed by atoms with van der Waals surface area (Å²) < 4.78 is 11.2. The Kier molecular flexibility index (Phi) is 4.29. The number of rotatable bonds is 4. The topological polar surface area (TPSA) is 18.5 Å². The molecule has 0 bridgehead atoms. The molecular weight excluding hydrogens is 156 g/mol. The summed E-state index contributed by atoms with van der Waals surface area (Å²) >= 11 is 0. The highest BCUT2D eigenvalue weighted by Crippen LogP contribution is 2.12. The molecule has 0 aliphatic heterocycles. The van der Waals surface area contributed by atoms with Gasteiger partial charge in [0.05, 0.1) is 22.5 Å². The van der Waals surface area contributed by atoms with E-state index in [1.165, 1.54) is 0 Å². The van der Waals surface area contributed by atoms with E-state index < -0.39 is 0 Å². The highest BCUT2D eigenvalue weighted by atomic mass is 28.1. The Morgan fingerprint density at radius 1 is 1.00 bits per heavy atom. The van der Waals surface area contributed by atoms with Crippen LogP contribution in [0.25, 0.3) is 0 Å². The molecule has 0 aliphatic carbocycles. The van der Waals surface area contributed by atoms with E-state index in [1.54, 1.807) is 0 Å². The van der Waals surface area contributed by atoms with Gasteiger partial charge in [0.2, 0.25) is 0 Å². The quantitative estimate of drug-likeness (QED) is 0.467. The first-order valence-electron chi connectivity index (χ1n) is 4.19. The standard InChI is InChI=1S/C8H20O2Si/c1-6(2)9-8(5,11)10-7(3)4/h6-7H,1-5,11H3. The Bertz CT molecular complexity index is 98.7. The van der Waals surface area contributed by atoms with E-state index in [0.29, 0.717) is 0 Å². The molecule has 0 aliphatic rings. The molecule has 2 nitrogen and oxygen atoms in total. The molecule has 0 aromatic rings. The molecule has 0 amide bonds. The van der Waals surface area contributed by atoms with Crippen molar-refractivity contribution in [2.45, 2.75) is 52.2 Å². The lowest BCUT2D eigenvalue weighted by Crippen LogP contribution is -2.37. The van der Waals surface area contributed by atoms with Crippen molar-refractivity contribution in [3.8, 4) is 0 Å². The number of hydrogen-bond donors (Lipinski definition) is 0. The molecular formula is C8H20O2Si. The van der Waals surface area contributed by atoms with Gasteiger partial charge in [0, 0.05) is 0 Å². The molecule has 0 fully saturated rings. The van der Waals surface area contributed by atoms with Crippen molar-refractivity contribution in [1.82, 2.24) is 0 Å². The van der Waals surface area contributed by atoms with E-state index in [-0.39, 0.29) is 17.6 Å². The van der Waals surface area contributed by atoms with Crippen molar-refractivity contribution in [1.29, 1.82) is 0 Å². The minimum atomic E-state index is -0.317. The summed E-state index contributed by atoms with van der Waals surface area (Å²) in [5.74, 6) is 0. The molecule has 3 heteroatoms. The van der Waals surface area contributed by atoms with Crippen molar-refractivity contribution in [3.05, 3.63) is 0 Å². The van der Waals surface area contributed by atoms with E-state index in [4.69, 9.17) is 9.47 Å². The van der Waals surface area contributed by atoms with Gasteiger partial charge < -0.3 is 9.47 Å². The van der Waals surface area contributed by atoms with E-state index in [2.05, 4.69) is 0 Å². The van der Waals surface area contributed by atoms with Crippen LogP contribution in [0, 0.1) is 0 Å². The molecule has 0 rings (SSSR count). The van der Waals surface area contributed by atoms with E-state index in [1.807, 2.05) is 34.6 Å². The van der Waals surface area contributed by atoms with Crippen LogP contribution in [0.5, 0.6) is 0 Å². The number of hydrogen-bond acceptors (Lipinski definition) is 2. The Morgan fingerprint density at radius 3 is 1.45 bits per heavy atom. The Balaban J connectivity index is 3.79. The molecule has 0 aromatic heterocycles. The highest BCUT2D eigenvalue weighted by Gasteiger charge is 2.21. The van der Waals surface area contributed by atoms with Gasteiger partial charge >= 0.3 is 0 Å². The maximum absolute atomic E-state index is 5.59. The smallest absolute Gasteiger partial charge is 0.139 e. The molecule has 0 atom stereocenters. The molecule has 68 valence electrons. The van der Waals surface area contributed by atoms with Crippen molar-refractivity contribution in [2.75, 3.05) is 0 Å². The molecule has 11 heavy (non-hydrogen) atoms. The van der Waals surface area contributed by atoms with Crippen LogP contribution in [0.1, 0.15) is 34.6 Å². The second-order valence-corrected chi connectivity index (χ2v) is 5.55. The second-order valence-electron chi connectivity index (χ2n) is 3.73. The van der Waals surface area contributed by atoms with Crippen LogP contribution in [-0.4, -0.2) is 27.9 Å². The average Bonchev–Trinajstić information content (AvgIpc) is 1.53. The van der Waals surface area contributed by atoms with Gasteiger partial charge in [-0.25, -0.2) is 0 Å². The van der Waals surface area contributed by atoms with Gasteiger partial charge in [-0.15, -0.1) is 0 Å². The zero-order chi connectivity index (χ0) is 9.07. The lowest BCUT2D eigenvalue weighted by atomic mass is 10.4. The summed E-state index contributed by atoms with van der Waals surface area (Å²) in [6, 6.07) is 0. The van der Waals surface area contributed by atoms with Gasteiger partial charge in [-0.2, -0.15) is 0 Å². The minimum Gasteiger partial charge on any atom is -0.352 e. The minimum absolute atomic E-state index is 0.247. The maximum Gasteiger partial charge on any atom is 0.139 e. The first-order chi connectivity index (χ1) is 4.83. The molecule has 0 N–H and O–H groups in total. The fourth-order valence-corrected chi connectivity index (χ4v) is 2.11. The third kappa shape index (κ3) is 6.53. The van der Waals surface area contributed by atoms with Gasteiger partial charge in [0.1, 0.15) is 5.41 Å². The molecule has 0 saturated carbocycles. The molecule has 0 saturated heterocycles. The lowest BCUT2D eigenvalue weighted by Gasteiger charge is -2.30. The van der Waals surface area contributed by atoms with Crippen molar-refractivity contribution >= 4 is 10.2 Å². The largest absolute Gasteiger partial charge is 0.352 e. The molecule has 0 spiro atoms. The van der Waals surface area contributed by atoms with E-state index in [9.17, 15) is 0 Å². The van der Waals surface area contributed by atoms with Crippen molar-refractivity contribution in [2.24, 2.45) is 0 Å². The third-order valence-electron chi connectivity index (χ3n) is 1.04. The van der Waals surface area contributed by atoms with Gasteiger partial charge in [0.15, 0.2) is 0 Å². The van der Waals surface area contributed by atoms with Crippen LogP contribution in [0.3, 0.4) is 0 Å². The second kappa shape index (κ2) is 4.23. The van der Waals surface area contributed by atoms with Crippen LogP contribution in [0.15, 0.2) is 0 Å². The lowest BCUT2D eigenvalue weighted by molar-refractivity contribution is -0.203. The number of ether oxygens (including phenoxy) is 2. The predicted octanol–water partition coefficient (Wildman–Crippen LogP) is 0.875. The fourth-order valence-electron chi connectivity index (χ4n) is 1.16. The first-order valence-corrected chi connectivity index (χ1v) is 5.19. The van der Waals surface area contributed by atoms with E-state index in [0.717, 1.165) is 10.2 Å². The fraction of sp³-hybridized carbons (Fsp3) is 1.00. The van der Waals surface area contributed by atoms with Gasteiger partial charge in [0.25, 0.3) is 0 Å². The summed E-state index contributed by atoms with van der Waals surface area (Å²) in [5.41, 5.74) is -0.317.